The number of likely N-dealkylation sites (tertiary alicyclic amines) is 1. The Hall–Kier alpha value is -4.50. The quantitative estimate of drug-likeness (QED) is 0.211. The first-order valence-corrected chi connectivity index (χ1v) is 15.6. The maximum absolute atomic E-state index is 13.3. The summed E-state index contributed by atoms with van der Waals surface area (Å²) >= 11 is 0. The van der Waals surface area contributed by atoms with Crippen molar-refractivity contribution in [3.8, 4) is 11.3 Å². The van der Waals surface area contributed by atoms with Crippen molar-refractivity contribution in [1.29, 1.82) is 0 Å². The number of aryl methyl sites for hydroxylation is 1. The van der Waals surface area contributed by atoms with Gasteiger partial charge in [0.05, 0.1) is 6.04 Å². The van der Waals surface area contributed by atoms with E-state index in [2.05, 4.69) is 55.9 Å². The summed E-state index contributed by atoms with van der Waals surface area (Å²) < 4.78 is 1.94. The molecule has 0 radical (unpaired) electrons. The van der Waals surface area contributed by atoms with Crippen LogP contribution in [0.2, 0.25) is 0 Å². The van der Waals surface area contributed by atoms with Crippen LogP contribution in [-0.2, 0) is 4.79 Å². The van der Waals surface area contributed by atoms with E-state index in [0.717, 1.165) is 55.1 Å². The van der Waals surface area contributed by atoms with Gasteiger partial charge in [0.15, 0.2) is 0 Å². The number of fused-ring (bicyclic) bond motifs is 1. The molecular formula is C35H43N7O2. The standard InChI is InChI=1S/C35H43N7O2/c1-6-40(7-2)18-10-14-30(43)41-19-9-13-29(41)34-39-31(32-33(36)37-17-20-42(32)34)25-11-8-12-26(22-25)35(44)38-27-15-16-28(23(3)4)24(5)21-27/h8,10-12,14-17,20-23,29H,6-7,9,13,18-19H2,1-5H3,(H2,36,37)(H,38,44)/b14-10+/t29-/m0/s1. The number of carbonyl (C=O) groups excluding carboxylic acids is 2. The second-order valence-electron chi connectivity index (χ2n) is 11.7. The molecule has 1 atom stereocenters. The van der Waals surface area contributed by atoms with Crippen LogP contribution in [0, 0.1) is 6.92 Å². The van der Waals surface area contributed by atoms with E-state index in [4.69, 9.17) is 10.7 Å². The molecule has 1 aliphatic heterocycles. The number of nitrogens with one attached hydrogen (secondary N) is 1. The van der Waals surface area contributed by atoms with E-state index in [1.165, 1.54) is 5.56 Å². The second kappa shape index (κ2) is 13.4. The summed E-state index contributed by atoms with van der Waals surface area (Å²) in [4.78, 5) is 40.2. The highest BCUT2D eigenvalue weighted by molar-refractivity contribution is 6.05. The van der Waals surface area contributed by atoms with Crippen LogP contribution in [0.3, 0.4) is 0 Å². The number of anilines is 2. The Labute approximate surface area is 259 Å². The number of nitrogens with zero attached hydrogens (tertiary/aromatic N) is 5. The van der Waals surface area contributed by atoms with Crippen LogP contribution in [0.5, 0.6) is 0 Å². The van der Waals surface area contributed by atoms with Crippen LogP contribution in [0.15, 0.2) is 67.0 Å². The van der Waals surface area contributed by atoms with Gasteiger partial charge in [0.25, 0.3) is 5.91 Å². The summed E-state index contributed by atoms with van der Waals surface area (Å²) in [5.41, 5.74) is 12.1. The number of rotatable bonds is 10. The third kappa shape index (κ3) is 6.38. The Kier molecular flexibility index (Phi) is 9.44. The number of hydrogen-bond acceptors (Lipinski definition) is 6. The summed E-state index contributed by atoms with van der Waals surface area (Å²) in [5, 5.41) is 3.04. The van der Waals surface area contributed by atoms with Crippen molar-refractivity contribution in [2.24, 2.45) is 0 Å². The van der Waals surface area contributed by atoms with E-state index < -0.39 is 0 Å². The highest BCUT2D eigenvalue weighted by Crippen LogP contribution is 2.36. The zero-order valence-corrected chi connectivity index (χ0v) is 26.4. The molecule has 0 bridgehead atoms. The Morgan fingerprint density at radius 3 is 2.68 bits per heavy atom. The Balaban J connectivity index is 1.44. The molecule has 230 valence electrons. The van der Waals surface area contributed by atoms with Crippen LogP contribution < -0.4 is 11.1 Å². The van der Waals surface area contributed by atoms with Gasteiger partial charge in [-0.25, -0.2) is 9.97 Å². The van der Waals surface area contributed by atoms with Gasteiger partial charge in [-0.2, -0.15) is 0 Å². The van der Waals surface area contributed by atoms with Gasteiger partial charge in [-0.15, -0.1) is 0 Å². The molecule has 4 aromatic rings. The van der Waals surface area contributed by atoms with E-state index in [0.29, 0.717) is 35.1 Å². The first-order valence-electron chi connectivity index (χ1n) is 15.6. The molecule has 0 saturated carbocycles. The Morgan fingerprint density at radius 1 is 1.16 bits per heavy atom. The molecule has 3 N–H and O–H groups in total. The number of carbonyl (C=O) groups is 2. The summed E-state index contributed by atoms with van der Waals surface area (Å²) in [5.74, 6) is 1.27. The monoisotopic (exact) mass is 593 g/mol. The van der Waals surface area contributed by atoms with Gasteiger partial charge >= 0.3 is 0 Å². The Morgan fingerprint density at radius 2 is 1.95 bits per heavy atom. The third-order valence-electron chi connectivity index (χ3n) is 8.51. The fourth-order valence-electron chi connectivity index (χ4n) is 6.11. The lowest BCUT2D eigenvalue weighted by atomic mass is 9.97. The van der Waals surface area contributed by atoms with Crippen molar-refractivity contribution in [3.05, 3.63) is 89.5 Å². The van der Waals surface area contributed by atoms with Gasteiger partial charge in [-0.3, -0.25) is 14.0 Å². The maximum Gasteiger partial charge on any atom is 0.255 e. The lowest BCUT2D eigenvalue weighted by Crippen LogP contribution is -2.30. The van der Waals surface area contributed by atoms with Crippen LogP contribution in [0.1, 0.15) is 79.8 Å². The molecule has 2 amide bonds. The predicted molar refractivity (Wildman–Crippen MR) is 177 cm³/mol. The van der Waals surface area contributed by atoms with E-state index >= 15 is 0 Å². The van der Waals surface area contributed by atoms with Gasteiger partial charge in [0, 0.05) is 48.4 Å². The van der Waals surface area contributed by atoms with Crippen LogP contribution >= 0.6 is 0 Å². The minimum absolute atomic E-state index is 0.0182. The van der Waals surface area contributed by atoms with Crippen LogP contribution in [0.4, 0.5) is 11.5 Å². The summed E-state index contributed by atoms with van der Waals surface area (Å²) in [7, 11) is 0. The maximum atomic E-state index is 13.3. The van der Waals surface area contributed by atoms with E-state index in [1.807, 2.05) is 51.9 Å². The fourth-order valence-corrected chi connectivity index (χ4v) is 6.11. The van der Waals surface area contributed by atoms with E-state index in [1.54, 1.807) is 18.3 Å². The van der Waals surface area contributed by atoms with Crippen molar-refractivity contribution >= 4 is 28.8 Å². The van der Waals surface area contributed by atoms with Gasteiger partial charge in [-0.05, 0) is 74.2 Å². The number of nitrogens with two attached hydrogens (primary N) is 1. The molecule has 0 aliphatic carbocycles. The SMILES string of the molecule is CCN(CC)C/C=C/C(=O)N1CCC[C@H]1c1nc(-c2cccc(C(=O)Nc3ccc(C(C)C)c(C)c3)c2)c2c(N)nccn12. The zero-order valence-electron chi connectivity index (χ0n) is 26.4. The molecule has 0 unspecified atom stereocenters. The summed E-state index contributed by atoms with van der Waals surface area (Å²) in [6.07, 6.45) is 8.81. The number of nitrogen functional groups attached to an aromatic ring is 1. The lowest BCUT2D eigenvalue weighted by molar-refractivity contribution is -0.127. The van der Waals surface area contributed by atoms with E-state index in [9.17, 15) is 9.59 Å². The van der Waals surface area contributed by atoms with Gasteiger partial charge in [0.1, 0.15) is 22.9 Å². The molecular weight excluding hydrogens is 550 g/mol. The molecule has 2 aromatic carbocycles. The number of likely N-dealkylation sites (N-methyl/N-ethyl adjacent to an activating group) is 1. The fraction of sp³-hybridized carbons (Fsp3) is 0.371. The van der Waals surface area contributed by atoms with Crippen molar-refractivity contribution in [1.82, 2.24) is 24.2 Å². The topological polar surface area (TPSA) is 109 Å². The molecule has 9 nitrogen and oxygen atoms in total. The van der Waals surface area contributed by atoms with Crippen molar-refractivity contribution in [2.45, 2.75) is 59.4 Å². The van der Waals surface area contributed by atoms with Gasteiger partial charge < -0.3 is 20.9 Å². The molecule has 1 aliphatic rings. The minimum atomic E-state index is -0.206. The van der Waals surface area contributed by atoms with Gasteiger partial charge in [0.2, 0.25) is 5.91 Å². The summed E-state index contributed by atoms with van der Waals surface area (Å²) in [6.45, 7) is 13.9. The number of amides is 2. The molecule has 2 aromatic heterocycles. The lowest BCUT2D eigenvalue weighted by Gasteiger charge is -2.23. The average Bonchev–Trinajstić information content (AvgIpc) is 3.65. The highest BCUT2D eigenvalue weighted by atomic mass is 16.2. The predicted octanol–water partition coefficient (Wildman–Crippen LogP) is 6.22. The second-order valence-corrected chi connectivity index (χ2v) is 11.7. The molecule has 9 heteroatoms. The van der Waals surface area contributed by atoms with Gasteiger partial charge in [-0.1, -0.05) is 52.0 Å². The number of hydrogen-bond donors (Lipinski definition) is 2. The molecule has 1 saturated heterocycles. The van der Waals surface area contributed by atoms with Crippen LogP contribution in [-0.4, -0.2) is 62.2 Å². The number of imidazole rings is 1. The molecule has 1 fully saturated rings. The largest absolute Gasteiger partial charge is 0.382 e. The highest BCUT2D eigenvalue weighted by Gasteiger charge is 2.33. The third-order valence-corrected chi connectivity index (χ3v) is 8.51. The normalized spacial score (nSPS) is 15.2. The minimum Gasteiger partial charge on any atom is -0.382 e. The Bertz CT molecular complexity index is 1690. The molecule has 0 spiro atoms. The van der Waals surface area contributed by atoms with Crippen molar-refractivity contribution < 1.29 is 9.59 Å². The average molecular weight is 594 g/mol. The van der Waals surface area contributed by atoms with Crippen molar-refractivity contribution in [2.75, 3.05) is 37.2 Å². The summed E-state index contributed by atoms with van der Waals surface area (Å²) in [6, 6.07) is 13.2. The van der Waals surface area contributed by atoms with Crippen molar-refractivity contribution in [3.63, 3.8) is 0 Å². The van der Waals surface area contributed by atoms with E-state index in [-0.39, 0.29) is 17.9 Å². The van der Waals surface area contributed by atoms with Crippen LogP contribution in [0.25, 0.3) is 16.8 Å². The zero-order chi connectivity index (χ0) is 31.4. The first kappa shape index (κ1) is 30.9. The molecule has 3 heterocycles. The molecule has 44 heavy (non-hydrogen) atoms. The number of benzene rings is 2. The first-order chi connectivity index (χ1) is 21.2. The number of aromatic nitrogens is 3. The molecule has 5 rings (SSSR count). The smallest absolute Gasteiger partial charge is 0.255 e.